The molecule has 0 saturated carbocycles. The van der Waals surface area contributed by atoms with Crippen molar-refractivity contribution in [2.75, 3.05) is 4.90 Å². The second kappa shape index (κ2) is 7.44. The van der Waals surface area contributed by atoms with Crippen LogP contribution in [0.25, 0.3) is 11.1 Å². The Hall–Kier alpha value is -5.12. The lowest BCUT2D eigenvalue weighted by Gasteiger charge is -2.45. The van der Waals surface area contributed by atoms with E-state index in [-0.39, 0.29) is 0 Å². The van der Waals surface area contributed by atoms with Crippen LogP contribution in [0.1, 0.15) is 33.4 Å². The Labute approximate surface area is 209 Å². The minimum Gasteiger partial charge on any atom is -0.310 e. The Morgan fingerprint density at radius 3 is 1.47 bits per heavy atom. The zero-order valence-electron chi connectivity index (χ0n) is 19.3. The fourth-order valence-corrected chi connectivity index (χ4v) is 6.14. The van der Waals surface area contributed by atoms with Crippen LogP contribution in [-0.4, -0.2) is 0 Å². The number of benzene rings is 5. The van der Waals surface area contributed by atoms with Crippen LogP contribution >= 0.6 is 0 Å². The lowest BCUT2D eigenvalue weighted by Crippen LogP contribution is -2.36. The summed E-state index contributed by atoms with van der Waals surface area (Å²) in [5.41, 5.74) is 10.5. The standard InChI is InChI=1S/C33H19N3/c34-20-22-14-16-25-26-17-15-23(21-35)19-30(26)33(29(25)18-22)27-10-4-6-12-31(27)36(24-8-2-1-3-9-24)32-13-7-5-11-28(32)33/h1-19H. The molecular weight excluding hydrogens is 438 g/mol. The summed E-state index contributed by atoms with van der Waals surface area (Å²) in [4.78, 5) is 2.32. The highest BCUT2D eigenvalue weighted by Gasteiger charge is 2.51. The SMILES string of the molecule is N#Cc1ccc2c(c1)C1(c3cc(C#N)ccc3-2)c2ccccc2N(c2ccccc2)c2ccccc21. The molecule has 2 aliphatic rings. The van der Waals surface area contributed by atoms with E-state index in [9.17, 15) is 10.5 Å². The summed E-state index contributed by atoms with van der Waals surface area (Å²) in [6, 6.07) is 44.1. The van der Waals surface area contributed by atoms with E-state index in [4.69, 9.17) is 0 Å². The summed E-state index contributed by atoms with van der Waals surface area (Å²) in [5.74, 6) is 0. The molecule has 0 unspecified atom stereocenters. The quantitative estimate of drug-likeness (QED) is 0.255. The maximum Gasteiger partial charge on any atom is 0.0991 e. The van der Waals surface area contributed by atoms with E-state index < -0.39 is 5.41 Å². The van der Waals surface area contributed by atoms with Crippen molar-refractivity contribution in [1.29, 1.82) is 10.5 Å². The van der Waals surface area contributed by atoms with Gasteiger partial charge in [0.1, 0.15) is 0 Å². The number of nitrogens with zero attached hydrogens (tertiary/aromatic N) is 3. The van der Waals surface area contributed by atoms with E-state index in [0.717, 1.165) is 50.4 Å². The molecule has 5 aromatic carbocycles. The maximum absolute atomic E-state index is 9.83. The molecule has 0 bridgehead atoms. The fourth-order valence-electron chi connectivity index (χ4n) is 6.14. The number of hydrogen-bond acceptors (Lipinski definition) is 3. The summed E-state index contributed by atoms with van der Waals surface area (Å²) in [6.45, 7) is 0. The minimum atomic E-state index is -0.650. The molecule has 7 rings (SSSR count). The van der Waals surface area contributed by atoms with Crippen LogP contribution in [0.3, 0.4) is 0 Å². The zero-order chi connectivity index (χ0) is 24.3. The first-order valence-electron chi connectivity index (χ1n) is 11.9. The van der Waals surface area contributed by atoms with Crippen molar-refractivity contribution < 1.29 is 0 Å². The molecule has 3 heteroatoms. The number of anilines is 3. The van der Waals surface area contributed by atoms with Gasteiger partial charge >= 0.3 is 0 Å². The van der Waals surface area contributed by atoms with Gasteiger partial charge in [0.05, 0.1) is 40.1 Å². The van der Waals surface area contributed by atoms with Gasteiger partial charge in [-0.25, -0.2) is 0 Å². The number of nitriles is 2. The molecule has 1 heterocycles. The number of fused-ring (bicyclic) bond motifs is 9. The van der Waals surface area contributed by atoms with E-state index in [1.54, 1.807) is 0 Å². The molecule has 0 amide bonds. The number of rotatable bonds is 1. The number of para-hydroxylation sites is 3. The highest BCUT2D eigenvalue weighted by molar-refractivity contribution is 5.96. The smallest absolute Gasteiger partial charge is 0.0991 e. The summed E-state index contributed by atoms with van der Waals surface area (Å²) in [5, 5.41) is 19.7. The third-order valence-electron chi connectivity index (χ3n) is 7.51. The van der Waals surface area contributed by atoms with Crippen molar-refractivity contribution in [1.82, 2.24) is 0 Å². The van der Waals surface area contributed by atoms with Crippen LogP contribution in [-0.2, 0) is 5.41 Å². The van der Waals surface area contributed by atoms with Gasteiger partial charge in [-0.3, -0.25) is 0 Å². The molecular formula is C33H19N3. The molecule has 0 atom stereocenters. The van der Waals surface area contributed by atoms with Gasteiger partial charge in [-0.1, -0.05) is 66.7 Å². The van der Waals surface area contributed by atoms with E-state index in [2.05, 4.69) is 102 Å². The predicted molar refractivity (Wildman–Crippen MR) is 141 cm³/mol. The first-order valence-corrected chi connectivity index (χ1v) is 11.9. The van der Waals surface area contributed by atoms with Gasteiger partial charge in [0.15, 0.2) is 0 Å². The van der Waals surface area contributed by atoms with Crippen LogP contribution in [0.2, 0.25) is 0 Å². The topological polar surface area (TPSA) is 50.8 Å². The molecule has 0 radical (unpaired) electrons. The average Bonchev–Trinajstić information content (AvgIpc) is 3.23. The lowest BCUT2D eigenvalue weighted by atomic mass is 9.64. The molecule has 5 aromatic rings. The zero-order valence-corrected chi connectivity index (χ0v) is 19.3. The summed E-state index contributed by atoms with van der Waals surface area (Å²) in [7, 11) is 0. The highest BCUT2D eigenvalue weighted by atomic mass is 15.2. The van der Waals surface area contributed by atoms with Crippen LogP contribution in [0.15, 0.2) is 115 Å². The summed E-state index contributed by atoms with van der Waals surface area (Å²) >= 11 is 0. The van der Waals surface area contributed by atoms with Crippen molar-refractivity contribution in [3.63, 3.8) is 0 Å². The van der Waals surface area contributed by atoms with Crippen LogP contribution in [0.5, 0.6) is 0 Å². The van der Waals surface area contributed by atoms with Crippen molar-refractivity contribution in [2.24, 2.45) is 0 Å². The molecule has 166 valence electrons. The largest absolute Gasteiger partial charge is 0.310 e. The molecule has 1 aliphatic heterocycles. The normalized spacial score (nSPS) is 13.7. The van der Waals surface area contributed by atoms with E-state index in [1.807, 2.05) is 30.3 Å². The fraction of sp³-hybridized carbons (Fsp3) is 0.0303. The van der Waals surface area contributed by atoms with E-state index in [0.29, 0.717) is 11.1 Å². The van der Waals surface area contributed by atoms with Gasteiger partial charge in [-0.05, 0) is 81.9 Å². The van der Waals surface area contributed by atoms with Gasteiger partial charge in [0.2, 0.25) is 0 Å². The third-order valence-corrected chi connectivity index (χ3v) is 7.51. The Morgan fingerprint density at radius 1 is 0.500 bits per heavy atom. The molecule has 1 aliphatic carbocycles. The molecule has 1 spiro atoms. The molecule has 0 saturated heterocycles. The average molecular weight is 458 g/mol. The Kier molecular flexibility index (Phi) is 4.19. The van der Waals surface area contributed by atoms with Gasteiger partial charge in [-0.2, -0.15) is 10.5 Å². The molecule has 0 N–H and O–H groups in total. The highest BCUT2D eigenvalue weighted by Crippen LogP contribution is 2.63. The molecule has 0 aromatic heterocycles. The molecule has 3 nitrogen and oxygen atoms in total. The number of hydrogen-bond donors (Lipinski definition) is 0. The molecule has 0 fully saturated rings. The van der Waals surface area contributed by atoms with Gasteiger partial charge in [0, 0.05) is 5.69 Å². The monoisotopic (exact) mass is 457 g/mol. The first-order chi connectivity index (χ1) is 17.8. The van der Waals surface area contributed by atoms with Crippen molar-refractivity contribution in [2.45, 2.75) is 5.41 Å². The van der Waals surface area contributed by atoms with E-state index in [1.165, 1.54) is 0 Å². The second-order valence-electron chi connectivity index (χ2n) is 9.20. The second-order valence-corrected chi connectivity index (χ2v) is 9.20. The summed E-state index contributed by atoms with van der Waals surface area (Å²) in [6.07, 6.45) is 0. The van der Waals surface area contributed by atoms with Crippen molar-refractivity contribution in [3.05, 3.63) is 149 Å². The van der Waals surface area contributed by atoms with Gasteiger partial charge in [-0.15, -0.1) is 0 Å². The van der Waals surface area contributed by atoms with Crippen molar-refractivity contribution >= 4 is 17.1 Å². The Bertz CT molecular complexity index is 1660. The molecule has 36 heavy (non-hydrogen) atoms. The Morgan fingerprint density at radius 2 is 0.972 bits per heavy atom. The Balaban J connectivity index is 1.68. The minimum absolute atomic E-state index is 0.627. The van der Waals surface area contributed by atoms with Crippen LogP contribution in [0, 0.1) is 22.7 Å². The third kappa shape index (κ3) is 2.49. The first kappa shape index (κ1) is 20.3. The maximum atomic E-state index is 9.83. The van der Waals surface area contributed by atoms with E-state index >= 15 is 0 Å². The predicted octanol–water partition coefficient (Wildman–Crippen LogP) is 7.58. The van der Waals surface area contributed by atoms with Gasteiger partial charge < -0.3 is 4.90 Å². The lowest BCUT2D eigenvalue weighted by molar-refractivity contribution is 0.752. The van der Waals surface area contributed by atoms with Crippen LogP contribution < -0.4 is 4.90 Å². The van der Waals surface area contributed by atoms with Crippen LogP contribution in [0.4, 0.5) is 17.1 Å². The summed E-state index contributed by atoms with van der Waals surface area (Å²) < 4.78 is 0. The van der Waals surface area contributed by atoms with Gasteiger partial charge in [0.25, 0.3) is 0 Å². The van der Waals surface area contributed by atoms with Crippen molar-refractivity contribution in [3.8, 4) is 23.3 Å².